The highest BCUT2D eigenvalue weighted by atomic mass is 14.4. The van der Waals surface area contributed by atoms with Gasteiger partial charge in [0.15, 0.2) is 0 Å². The summed E-state index contributed by atoms with van der Waals surface area (Å²) in [5, 5.41) is 7.67. The molecule has 0 saturated heterocycles. The lowest BCUT2D eigenvalue weighted by Crippen LogP contribution is -2.06. The van der Waals surface area contributed by atoms with E-state index < -0.39 is 0 Å². The Bertz CT molecular complexity index is 281. The van der Waals surface area contributed by atoms with Crippen LogP contribution in [0.1, 0.15) is 25.3 Å². The molecule has 0 atom stereocenters. The molecule has 1 rings (SSSR count). The third-order valence-electron chi connectivity index (χ3n) is 1.74. The van der Waals surface area contributed by atoms with Gasteiger partial charge >= 0.3 is 0 Å². The van der Waals surface area contributed by atoms with E-state index in [9.17, 15) is 0 Å². The van der Waals surface area contributed by atoms with E-state index in [1.165, 1.54) is 0 Å². The zero-order valence-corrected chi connectivity index (χ0v) is 7.30. The maximum absolute atomic E-state index is 7.67. The molecule has 0 aliphatic heterocycles. The Hall–Kier alpha value is -1.05. The van der Waals surface area contributed by atoms with Gasteiger partial charge in [-0.3, -0.25) is 0 Å². The van der Waals surface area contributed by atoms with Gasteiger partial charge in [-0.2, -0.15) is 0 Å². The molecule has 0 spiro atoms. The lowest BCUT2D eigenvalue weighted by molar-refractivity contribution is 0.986. The van der Waals surface area contributed by atoms with Crippen LogP contribution >= 0.6 is 0 Å². The molecule has 60 valence electrons. The van der Waals surface area contributed by atoms with Crippen molar-refractivity contribution in [1.82, 2.24) is 0 Å². The van der Waals surface area contributed by atoms with E-state index in [1.54, 1.807) is 0 Å². The number of nitrogens with one attached hydrogen (secondary N) is 1. The molecule has 0 aliphatic carbocycles. The monoisotopic (exact) mass is 157 g/mol. The number of hydrogen-bond donors (Lipinski definition) is 1. The molecule has 0 aliphatic rings. The Labute approximate surface area is 74.7 Å². The van der Waals surface area contributed by atoms with Crippen molar-refractivity contribution in [2.24, 2.45) is 0 Å². The van der Waals surface area contributed by atoms with Crippen LogP contribution in [0.5, 0.6) is 0 Å². The molecule has 1 nitrogen and oxygen atoms in total. The molecule has 12 heavy (non-hydrogen) atoms. The van der Waals surface area contributed by atoms with Gasteiger partial charge in [0, 0.05) is 5.71 Å². The van der Waals surface area contributed by atoms with E-state index in [-0.39, 0.29) is 0 Å². The standard InChI is InChI=1S/C10H12BN/c1-2-4-10(12)8-5-3-6-9(11)7-8/h3,5-7,12H,2,4H2,1H3. The second-order valence-corrected chi connectivity index (χ2v) is 2.85. The summed E-state index contributed by atoms with van der Waals surface area (Å²) in [5.41, 5.74) is 2.34. The van der Waals surface area contributed by atoms with Gasteiger partial charge in [0.25, 0.3) is 0 Å². The van der Waals surface area contributed by atoms with Crippen molar-refractivity contribution in [2.45, 2.75) is 19.8 Å². The van der Waals surface area contributed by atoms with Crippen molar-refractivity contribution >= 4 is 19.0 Å². The maximum Gasteiger partial charge on any atom is 0.113 e. The van der Waals surface area contributed by atoms with Crippen LogP contribution in [-0.4, -0.2) is 13.6 Å². The van der Waals surface area contributed by atoms with Crippen LogP contribution in [0.4, 0.5) is 0 Å². The lowest BCUT2D eigenvalue weighted by Gasteiger charge is -2.02. The van der Waals surface area contributed by atoms with Crippen LogP contribution in [0, 0.1) is 5.41 Å². The lowest BCUT2D eigenvalue weighted by atomic mass is 9.92. The molecule has 0 bridgehead atoms. The first-order valence-electron chi connectivity index (χ1n) is 4.17. The van der Waals surface area contributed by atoms with Crippen LogP contribution in [0.3, 0.4) is 0 Å². The van der Waals surface area contributed by atoms with E-state index in [2.05, 4.69) is 6.92 Å². The number of rotatable bonds is 3. The van der Waals surface area contributed by atoms with Crippen molar-refractivity contribution < 1.29 is 0 Å². The van der Waals surface area contributed by atoms with Crippen molar-refractivity contribution in [2.75, 3.05) is 0 Å². The molecule has 0 unspecified atom stereocenters. The minimum Gasteiger partial charge on any atom is -0.305 e. The Morgan fingerprint density at radius 2 is 2.25 bits per heavy atom. The maximum atomic E-state index is 7.67. The summed E-state index contributed by atoms with van der Waals surface area (Å²) in [6.45, 7) is 2.07. The molecule has 2 heteroatoms. The molecule has 1 N–H and O–H groups in total. The molecule has 0 fully saturated rings. The zero-order chi connectivity index (χ0) is 8.97. The van der Waals surface area contributed by atoms with Gasteiger partial charge < -0.3 is 5.41 Å². The number of benzene rings is 1. The van der Waals surface area contributed by atoms with Crippen LogP contribution in [-0.2, 0) is 0 Å². The van der Waals surface area contributed by atoms with E-state index >= 15 is 0 Å². The van der Waals surface area contributed by atoms with Gasteiger partial charge in [0.05, 0.1) is 0 Å². The Balaban J connectivity index is 2.81. The molecular weight excluding hydrogens is 145 g/mol. The molecular formula is C10H12BN. The number of hydrogen-bond acceptors (Lipinski definition) is 1. The SMILES string of the molecule is [B]c1cccc(C(=N)CCC)c1. The van der Waals surface area contributed by atoms with Gasteiger partial charge in [0.1, 0.15) is 7.85 Å². The highest BCUT2D eigenvalue weighted by molar-refractivity contribution is 6.32. The van der Waals surface area contributed by atoms with Gasteiger partial charge in [-0.15, -0.1) is 0 Å². The highest BCUT2D eigenvalue weighted by Gasteiger charge is 1.98. The third kappa shape index (κ3) is 2.23. The van der Waals surface area contributed by atoms with Crippen LogP contribution in [0.15, 0.2) is 24.3 Å². The smallest absolute Gasteiger partial charge is 0.113 e. The van der Waals surface area contributed by atoms with Crippen molar-refractivity contribution in [3.05, 3.63) is 29.8 Å². The molecule has 0 amide bonds. The molecule has 1 aromatic rings. The quantitative estimate of drug-likeness (QED) is 0.509. The van der Waals surface area contributed by atoms with Gasteiger partial charge in [-0.05, 0) is 12.0 Å². The minimum absolute atomic E-state index is 0.671. The Kier molecular flexibility index (Phi) is 3.09. The van der Waals surface area contributed by atoms with Crippen molar-refractivity contribution in [3.8, 4) is 0 Å². The molecule has 0 aromatic heterocycles. The van der Waals surface area contributed by atoms with Crippen LogP contribution < -0.4 is 5.46 Å². The van der Waals surface area contributed by atoms with Crippen molar-refractivity contribution in [1.29, 1.82) is 5.41 Å². The minimum atomic E-state index is 0.671. The first-order valence-corrected chi connectivity index (χ1v) is 4.17. The predicted octanol–water partition coefficient (Wildman–Crippen LogP) is 1.65. The highest BCUT2D eigenvalue weighted by Crippen LogP contribution is 2.02. The second kappa shape index (κ2) is 4.10. The van der Waals surface area contributed by atoms with E-state index in [0.717, 1.165) is 23.9 Å². The van der Waals surface area contributed by atoms with Gasteiger partial charge in [-0.1, -0.05) is 43.1 Å². The summed E-state index contributed by atoms with van der Waals surface area (Å²) < 4.78 is 0. The molecule has 0 saturated carbocycles. The summed E-state index contributed by atoms with van der Waals surface area (Å²) in [6, 6.07) is 7.49. The van der Waals surface area contributed by atoms with Crippen molar-refractivity contribution in [3.63, 3.8) is 0 Å². The van der Waals surface area contributed by atoms with Gasteiger partial charge in [-0.25, -0.2) is 0 Å². The topological polar surface area (TPSA) is 23.9 Å². The summed E-state index contributed by atoms with van der Waals surface area (Å²) in [7, 11) is 5.60. The first kappa shape index (κ1) is 9.05. The van der Waals surface area contributed by atoms with Gasteiger partial charge in [0.2, 0.25) is 0 Å². The Morgan fingerprint density at radius 3 is 2.83 bits per heavy atom. The van der Waals surface area contributed by atoms with E-state index in [4.69, 9.17) is 13.3 Å². The van der Waals surface area contributed by atoms with Crippen LogP contribution in [0.2, 0.25) is 0 Å². The normalized spacial score (nSPS) is 9.75. The van der Waals surface area contributed by atoms with E-state index in [1.807, 2.05) is 24.3 Å². The molecule has 0 heterocycles. The predicted molar refractivity (Wildman–Crippen MR) is 53.6 cm³/mol. The largest absolute Gasteiger partial charge is 0.305 e. The first-order chi connectivity index (χ1) is 5.74. The average molecular weight is 157 g/mol. The summed E-state index contributed by atoms with van der Waals surface area (Å²) in [6.07, 6.45) is 1.83. The summed E-state index contributed by atoms with van der Waals surface area (Å²) in [4.78, 5) is 0. The second-order valence-electron chi connectivity index (χ2n) is 2.85. The summed E-state index contributed by atoms with van der Waals surface area (Å²) >= 11 is 0. The summed E-state index contributed by atoms with van der Waals surface area (Å²) in [5.74, 6) is 0. The average Bonchev–Trinajstić information content (AvgIpc) is 2.05. The fourth-order valence-corrected chi connectivity index (χ4v) is 1.12. The van der Waals surface area contributed by atoms with Crippen LogP contribution in [0.25, 0.3) is 0 Å². The fraction of sp³-hybridized carbons (Fsp3) is 0.300. The van der Waals surface area contributed by atoms with E-state index in [0.29, 0.717) is 5.71 Å². The molecule has 1 aromatic carbocycles. The molecule has 2 radical (unpaired) electrons. The Morgan fingerprint density at radius 1 is 1.50 bits per heavy atom. The third-order valence-corrected chi connectivity index (χ3v) is 1.74. The fourth-order valence-electron chi connectivity index (χ4n) is 1.12. The zero-order valence-electron chi connectivity index (χ0n) is 7.30.